The second kappa shape index (κ2) is 8.06. The van der Waals surface area contributed by atoms with Gasteiger partial charge in [-0.2, -0.15) is 0 Å². The summed E-state index contributed by atoms with van der Waals surface area (Å²) < 4.78 is 7.88. The zero-order valence-electron chi connectivity index (χ0n) is 14.1. The first-order valence-electron chi connectivity index (χ1n) is 7.88. The number of fused-ring (bicyclic) bond motifs is 1. The van der Waals surface area contributed by atoms with Gasteiger partial charge in [0, 0.05) is 6.07 Å². The molecule has 0 saturated heterocycles. The lowest BCUT2D eigenvalue weighted by atomic mass is 10.3. The smallest absolute Gasteiger partial charge is 0.376 e. The van der Waals surface area contributed by atoms with Crippen LogP contribution in [0.2, 0.25) is 0 Å². The number of carbonyl (C=O) groups is 1. The van der Waals surface area contributed by atoms with Crippen LogP contribution >= 0.6 is 23.6 Å². The molecule has 2 aromatic carbocycles. The first-order valence-corrected chi connectivity index (χ1v) is 9.10. The quantitative estimate of drug-likeness (QED) is 0.176. The number of nitrogens with zero attached hydrogens (tertiary/aromatic N) is 3. The van der Waals surface area contributed by atoms with Crippen molar-refractivity contribution in [2.45, 2.75) is 6.92 Å². The van der Waals surface area contributed by atoms with Gasteiger partial charge < -0.3 is 4.74 Å². The van der Waals surface area contributed by atoms with Crippen LogP contribution in [0.25, 0.3) is 10.2 Å². The Balaban J connectivity index is 2.11. The van der Waals surface area contributed by atoms with Crippen LogP contribution in [0.15, 0.2) is 53.6 Å². The lowest BCUT2D eigenvalue weighted by Gasteiger charge is -2.09. The fraction of sp³-hybridized carbons (Fsp3) is 0.118. The Labute approximate surface area is 162 Å². The van der Waals surface area contributed by atoms with E-state index >= 15 is 0 Å². The van der Waals surface area contributed by atoms with Crippen molar-refractivity contribution >= 4 is 57.0 Å². The molecular formula is C17H14N4O4S2. The standard InChI is InChI=1S/C17H14N4O4S2/c1-2-25-16(22)15(19-18-11-7-3-4-8-12(11)21(23)24)20-13-9-5-6-10-14(13)27-17(20)26/h3-10,18H,2H2,1H3. The number of ether oxygens (including phenoxy) is 1. The molecule has 0 spiro atoms. The Kier molecular flexibility index (Phi) is 5.57. The molecule has 138 valence electrons. The first kappa shape index (κ1) is 18.7. The molecule has 1 aromatic heterocycles. The molecule has 3 rings (SSSR count). The van der Waals surface area contributed by atoms with E-state index < -0.39 is 10.9 Å². The van der Waals surface area contributed by atoms with Crippen molar-refractivity contribution in [3.05, 3.63) is 62.6 Å². The van der Waals surface area contributed by atoms with Gasteiger partial charge in [-0.05, 0) is 37.3 Å². The van der Waals surface area contributed by atoms with Gasteiger partial charge in [0.15, 0.2) is 3.95 Å². The highest BCUT2D eigenvalue weighted by molar-refractivity contribution is 7.73. The third-order valence-corrected chi connectivity index (χ3v) is 4.89. The van der Waals surface area contributed by atoms with Crippen LogP contribution in [0, 0.1) is 14.1 Å². The number of benzene rings is 2. The lowest BCUT2D eigenvalue weighted by molar-refractivity contribution is -0.384. The molecule has 0 aliphatic carbocycles. The van der Waals surface area contributed by atoms with Gasteiger partial charge in [-0.1, -0.05) is 24.3 Å². The van der Waals surface area contributed by atoms with Gasteiger partial charge >= 0.3 is 5.97 Å². The molecule has 1 N–H and O–H groups in total. The second-order valence-electron chi connectivity index (χ2n) is 5.21. The molecule has 0 fully saturated rings. The highest BCUT2D eigenvalue weighted by Crippen LogP contribution is 2.25. The van der Waals surface area contributed by atoms with Crippen molar-refractivity contribution < 1.29 is 14.5 Å². The van der Waals surface area contributed by atoms with Crippen LogP contribution in [0.1, 0.15) is 6.92 Å². The Morgan fingerprint density at radius 3 is 2.74 bits per heavy atom. The van der Waals surface area contributed by atoms with E-state index in [1.807, 2.05) is 18.2 Å². The lowest BCUT2D eigenvalue weighted by Crippen LogP contribution is -2.26. The number of rotatable bonds is 4. The van der Waals surface area contributed by atoms with E-state index in [0.29, 0.717) is 9.47 Å². The van der Waals surface area contributed by atoms with Crippen molar-refractivity contribution in [3.63, 3.8) is 0 Å². The number of hydrogen-bond acceptors (Lipinski definition) is 8. The number of hydrogen-bond donors (Lipinski definition) is 1. The largest absolute Gasteiger partial charge is 0.460 e. The maximum absolute atomic E-state index is 12.5. The minimum Gasteiger partial charge on any atom is -0.460 e. The van der Waals surface area contributed by atoms with Crippen LogP contribution in [-0.2, 0) is 9.53 Å². The summed E-state index contributed by atoms with van der Waals surface area (Å²) in [5.74, 6) is -0.791. The molecule has 3 aromatic rings. The van der Waals surface area contributed by atoms with Gasteiger partial charge in [0.05, 0.1) is 21.7 Å². The maximum Gasteiger partial charge on any atom is 0.376 e. The molecule has 27 heavy (non-hydrogen) atoms. The van der Waals surface area contributed by atoms with Crippen LogP contribution in [0.5, 0.6) is 0 Å². The predicted molar refractivity (Wildman–Crippen MR) is 107 cm³/mol. The molecule has 0 aliphatic heterocycles. The molecule has 0 radical (unpaired) electrons. The average Bonchev–Trinajstić information content (AvgIpc) is 2.98. The van der Waals surface area contributed by atoms with Gasteiger partial charge in [0.2, 0.25) is 5.84 Å². The molecule has 8 nitrogen and oxygen atoms in total. The summed E-state index contributed by atoms with van der Waals surface area (Å²) in [4.78, 5) is 23.1. The number of carbonyl (C=O) groups excluding carboxylic acids is 1. The summed E-state index contributed by atoms with van der Waals surface area (Å²) in [6, 6.07) is 13.4. The van der Waals surface area contributed by atoms with Crippen LogP contribution in [0.4, 0.5) is 11.4 Å². The Hall–Kier alpha value is -3.11. The number of thiazole rings is 1. The van der Waals surface area contributed by atoms with E-state index in [2.05, 4.69) is 10.5 Å². The summed E-state index contributed by atoms with van der Waals surface area (Å²) in [7, 11) is 0. The SMILES string of the molecule is CCOC(=O)C(=NNc1ccccc1[N+](=O)[O-])n1c(=S)sc2ccccc21. The number of aromatic nitrogens is 1. The number of hydrazone groups is 1. The average molecular weight is 402 g/mol. The predicted octanol–water partition coefficient (Wildman–Crippen LogP) is 4.18. The number of esters is 1. The maximum atomic E-state index is 12.5. The fourth-order valence-corrected chi connectivity index (χ4v) is 3.72. The number of nitro benzene ring substituents is 1. The van der Waals surface area contributed by atoms with Crippen LogP contribution in [0.3, 0.4) is 0 Å². The summed E-state index contributed by atoms with van der Waals surface area (Å²) >= 11 is 6.71. The fourth-order valence-electron chi connectivity index (χ4n) is 2.39. The molecule has 1 heterocycles. The summed E-state index contributed by atoms with van der Waals surface area (Å²) in [6.45, 7) is 1.83. The molecule has 10 heteroatoms. The third-order valence-electron chi connectivity index (χ3n) is 3.54. The number of para-hydroxylation sites is 3. The monoisotopic (exact) mass is 402 g/mol. The zero-order valence-corrected chi connectivity index (χ0v) is 15.8. The summed E-state index contributed by atoms with van der Waals surface area (Å²) in [6.07, 6.45) is 0. The molecule has 0 saturated carbocycles. The van der Waals surface area contributed by atoms with Crippen molar-refractivity contribution in [1.29, 1.82) is 0 Å². The number of nitrogens with one attached hydrogen (secondary N) is 1. The van der Waals surface area contributed by atoms with E-state index in [0.717, 1.165) is 4.70 Å². The first-order chi connectivity index (χ1) is 13.0. The van der Waals surface area contributed by atoms with E-state index in [9.17, 15) is 14.9 Å². The van der Waals surface area contributed by atoms with Crippen molar-refractivity contribution in [2.24, 2.45) is 5.10 Å². The Bertz CT molecular complexity index is 1100. The third kappa shape index (κ3) is 3.86. The summed E-state index contributed by atoms with van der Waals surface area (Å²) in [5, 5.41) is 15.3. The minimum absolute atomic E-state index is 0.0996. The van der Waals surface area contributed by atoms with Gasteiger partial charge in [-0.3, -0.25) is 20.1 Å². The van der Waals surface area contributed by atoms with Gasteiger partial charge in [0.25, 0.3) is 5.69 Å². The number of nitro groups is 1. The molecule has 0 unspecified atom stereocenters. The van der Waals surface area contributed by atoms with Crippen molar-refractivity contribution in [1.82, 2.24) is 4.57 Å². The van der Waals surface area contributed by atoms with Crippen LogP contribution < -0.4 is 5.43 Å². The number of anilines is 1. The summed E-state index contributed by atoms with van der Waals surface area (Å²) in [5.41, 5.74) is 3.28. The van der Waals surface area contributed by atoms with E-state index in [-0.39, 0.29) is 23.8 Å². The van der Waals surface area contributed by atoms with E-state index in [1.165, 1.54) is 28.0 Å². The zero-order chi connectivity index (χ0) is 19.4. The molecule has 0 bridgehead atoms. The Morgan fingerprint density at radius 2 is 2.00 bits per heavy atom. The normalized spacial score (nSPS) is 11.4. The van der Waals surface area contributed by atoms with Gasteiger partial charge in [-0.15, -0.1) is 16.4 Å². The van der Waals surface area contributed by atoms with Gasteiger partial charge in [0.1, 0.15) is 5.69 Å². The molecular weight excluding hydrogens is 388 g/mol. The highest BCUT2D eigenvalue weighted by Gasteiger charge is 2.21. The van der Waals surface area contributed by atoms with Crippen molar-refractivity contribution in [2.75, 3.05) is 12.0 Å². The highest BCUT2D eigenvalue weighted by atomic mass is 32.1. The molecule has 0 atom stereocenters. The topological polar surface area (TPSA) is 98.8 Å². The Morgan fingerprint density at radius 1 is 1.30 bits per heavy atom. The molecule has 0 aliphatic rings. The second-order valence-corrected chi connectivity index (χ2v) is 6.89. The van der Waals surface area contributed by atoms with Gasteiger partial charge in [-0.25, -0.2) is 4.79 Å². The van der Waals surface area contributed by atoms with Crippen molar-refractivity contribution in [3.8, 4) is 0 Å². The minimum atomic E-state index is -0.691. The molecule has 0 amide bonds. The van der Waals surface area contributed by atoms with E-state index in [4.69, 9.17) is 17.0 Å². The van der Waals surface area contributed by atoms with Crippen LogP contribution in [-0.4, -0.2) is 27.9 Å². The van der Waals surface area contributed by atoms with E-state index in [1.54, 1.807) is 25.1 Å².